The van der Waals surface area contributed by atoms with E-state index < -0.39 is 23.5 Å². The summed E-state index contributed by atoms with van der Waals surface area (Å²) in [6.07, 6.45) is -1.84. The first kappa shape index (κ1) is 23.0. The first-order chi connectivity index (χ1) is 13.5. The molecule has 0 saturated heterocycles. The second kappa shape index (κ2) is 9.49. The van der Waals surface area contributed by atoms with Crippen molar-refractivity contribution in [3.63, 3.8) is 0 Å². The lowest BCUT2D eigenvalue weighted by molar-refractivity contribution is -0.131. The SMILES string of the molecule is CO[C@H]1CC[C@H](N(Cc2cccc(N)c2Cl)C(=O)/C(N)=C/C(=N)C(F)(F)F)CC1. The third kappa shape index (κ3) is 5.86. The molecule has 1 aliphatic carbocycles. The number of methoxy groups -OCH3 is 1. The number of alkyl halides is 3. The number of benzene rings is 1. The molecule has 0 unspecified atom stereocenters. The van der Waals surface area contributed by atoms with E-state index in [1.165, 1.54) is 4.90 Å². The van der Waals surface area contributed by atoms with Crippen LogP contribution in [0.25, 0.3) is 0 Å². The second-order valence-electron chi connectivity index (χ2n) is 6.93. The highest BCUT2D eigenvalue weighted by atomic mass is 35.5. The largest absolute Gasteiger partial charge is 0.432 e. The molecule has 2 rings (SSSR count). The highest BCUT2D eigenvalue weighted by molar-refractivity contribution is 6.33. The van der Waals surface area contributed by atoms with Gasteiger partial charge in [0.1, 0.15) is 5.71 Å². The van der Waals surface area contributed by atoms with Gasteiger partial charge in [0, 0.05) is 19.7 Å². The van der Waals surface area contributed by atoms with Gasteiger partial charge in [-0.25, -0.2) is 0 Å². The Morgan fingerprint density at radius 2 is 1.97 bits per heavy atom. The Kier molecular flexibility index (Phi) is 7.54. The zero-order chi connectivity index (χ0) is 21.8. The molecule has 1 aromatic carbocycles. The lowest BCUT2D eigenvalue weighted by Gasteiger charge is -2.37. The van der Waals surface area contributed by atoms with Crippen LogP contribution in [-0.2, 0) is 16.1 Å². The molecule has 1 saturated carbocycles. The number of nitrogens with one attached hydrogen (secondary N) is 1. The number of halogens is 4. The molecule has 1 aromatic rings. The molecule has 0 radical (unpaired) electrons. The highest BCUT2D eigenvalue weighted by Gasteiger charge is 2.35. The van der Waals surface area contributed by atoms with Crippen LogP contribution in [0.2, 0.25) is 5.02 Å². The van der Waals surface area contributed by atoms with Gasteiger partial charge in [0.15, 0.2) is 0 Å². The molecule has 6 nitrogen and oxygen atoms in total. The van der Waals surface area contributed by atoms with Crippen molar-refractivity contribution in [1.82, 2.24) is 4.90 Å². The van der Waals surface area contributed by atoms with Crippen molar-refractivity contribution in [3.05, 3.63) is 40.6 Å². The van der Waals surface area contributed by atoms with Crippen molar-refractivity contribution in [3.8, 4) is 0 Å². The maximum atomic E-state index is 12.9. The average Bonchev–Trinajstić information content (AvgIpc) is 2.68. The zero-order valence-corrected chi connectivity index (χ0v) is 16.7. The Morgan fingerprint density at radius 3 is 2.52 bits per heavy atom. The zero-order valence-electron chi connectivity index (χ0n) is 15.9. The number of hydrogen-bond acceptors (Lipinski definition) is 5. The van der Waals surface area contributed by atoms with Crippen LogP contribution >= 0.6 is 11.6 Å². The van der Waals surface area contributed by atoms with Crippen LogP contribution in [0.1, 0.15) is 31.2 Å². The number of carbonyl (C=O) groups excluding carboxylic acids is 1. The first-order valence-corrected chi connectivity index (χ1v) is 9.42. The molecule has 10 heteroatoms. The van der Waals surface area contributed by atoms with E-state index in [0.29, 0.717) is 43.0 Å². The molecule has 0 atom stereocenters. The number of carbonyl (C=O) groups is 1. The second-order valence-corrected chi connectivity index (χ2v) is 7.31. The van der Waals surface area contributed by atoms with Crippen molar-refractivity contribution < 1.29 is 22.7 Å². The number of hydrogen-bond donors (Lipinski definition) is 3. The van der Waals surface area contributed by atoms with Gasteiger partial charge in [0.05, 0.1) is 22.5 Å². The van der Waals surface area contributed by atoms with Gasteiger partial charge in [-0.2, -0.15) is 13.2 Å². The Morgan fingerprint density at radius 1 is 1.34 bits per heavy atom. The van der Waals surface area contributed by atoms with Gasteiger partial charge >= 0.3 is 6.18 Å². The smallest absolute Gasteiger partial charge is 0.398 e. The molecule has 29 heavy (non-hydrogen) atoms. The monoisotopic (exact) mass is 432 g/mol. The average molecular weight is 433 g/mol. The maximum Gasteiger partial charge on any atom is 0.432 e. The van der Waals surface area contributed by atoms with E-state index in [0.717, 1.165) is 0 Å². The summed E-state index contributed by atoms with van der Waals surface area (Å²) >= 11 is 6.24. The quantitative estimate of drug-likeness (QED) is 0.362. The van der Waals surface area contributed by atoms with Crippen LogP contribution in [0.15, 0.2) is 30.0 Å². The highest BCUT2D eigenvalue weighted by Crippen LogP contribution is 2.30. The Balaban J connectivity index is 2.31. The van der Waals surface area contributed by atoms with Crippen molar-refractivity contribution in [1.29, 1.82) is 5.41 Å². The normalized spacial score (nSPS) is 20.4. The maximum absolute atomic E-state index is 12.9. The Bertz CT molecular complexity index is 790. The van der Waals surface area contributed by atoms with E-state index in [4.69, 9.17) is 33.2 Å². The number of amides is 1. The van der Waals surface area contributed by atoms with Gasteiger partial charge in [-0.1, -0.05) is 23.7 Å². The number of anilines is 1. The van der Waals surface area contributed by atoms with Crippen LogP contribution in [0.4, 0.5) is 18.9 Å². The Hall–Kier alpha value is -2.26. The van der Waals surface area contributed by atoms with Crippen molar-refractivity contribution in [2.75, 3.05) is 12.8 Å². The van der Waals surface area contributed by atoms with Crippen molar-refractivity contribution >= 4 is 28.9 Å². The molecule has 0 bridgehead atoms. The van der Waals surface area contributed by atoms with E-state index in [1.807, 2.05) is 0 Å². The van der Waals surface area contributed by atoms with Gasteiger partial charge in [-0.15, -0.1) is 0 Å². The van der Waals surface area contributed by atoms with Crippen LogP contribution < -0.4 is 11.5 Å². The fraction of sp³-hybridized carbons (Fsp3) is 0.474. The molecule has 1 aliphatic rings. The van der Waals surface area contributed by atoms with Crippen LogP contribution in [-0.4, -0.2) is 42.0 Å². The molecular formula is C19H24ClF3N4O2. The summed E-state index contributed by atoms with van der Waals surface area (Å²) in [5, 5.41) is 7.36. The minimum absolute atomic E-state index is 0.0406. The van der Waals surface area contributed by atoms with Crippen LogP contribution in [0.3, 0.4) is 0 Å². The number of nitrogens with zero attached hydrogens (tertiary/aromatic N) is 1. The van der Waals surface area contributed by atoms with E-state index in [9.17, 15) is 18.0 Å². The number of rotatable bonds is 6. The summed E-state index contributed by atoms with van der Waals surface area (Å²) in [6, 6.07) is 4.73. The van der Waals surface area contributed by atoms with Crippen molar-refractivity contribution in [2.24, 2.45) is 5.73 Å². The molecule has 160 valence electrons. The van der Waals surface area contributed by atoms with E-state index in [-0.39, 0.29) is 23.7 Å². The fourth-order valence-electron chi connectivity index (χ4n) is 3.33. The predicted octanol–water partition coefficient (Wildman–Crippen LogP) is 3.63. The lowest BCUT2D eigenvalue weighted by Crippen LogP contribution is -2.45. The van der Waals surface area contributed by atoms with Gasteiger partial charge in [0.25, 0.3) is 5.91 Å². The molecule has 1 fully saturated rings. The summed E-state index contributed by atoms with van der Waals surface area (Å²) in [6.45, 7) is 0.0406. The molecule has 0 spiro atoms. The summed E-state index contributed by atoms with van der Waals surface area (Å²) in [4.78, 5) is 14.3. The topological polar surface area (TPSA) is 105 Å². The summed E-state index contributed by atoms with van der Waals surface area (Å²) in [7, 11) is 1.61. The molecule has 1 amide bonds. The molecule has 0 aliphatic heterocycles. The van der Waals surface area contributed by atoms with Gasteiger partial charge in [0.2, 0.25) is 0 Å². The van der Waals surface area contributed by atoms with Gasteiger partial charge < -0.3 is 21.1 Å². The van der Waals surface area contributed by atoms with Gasteiger partial charge in [-0.3, -0.25) is 10.2 Å². The molecular weight excluding hydrogens is 409 g/mol. The summed E-state index contributed by atoms with van der Waals surface area (Å²) in [5.74, 6) is -0.779. The number of nitrogen functional groups attached to an aromatic ring is 1. The fourth-order valence-corrected chi connectivity index (χ4v) is 3.52. The van der Waals surface area contributed by atoms with Gasteiger partial charge in [-0.05, 0) is 43.4 Å². The van der Waals surface area contributed by atoms with Crippen LogP contribution in [0.5, 0.6) is 0 Å². The first-order valence-electron chi connectivity index (χ1n) is 9.04. The summed E-state index contributed by atoms with van der Waals surface area (Å²) < 4.78 is 43.3. The predicted molar refractivity (Wildman–Crippen MR) is 106 cm³/mol. The number of nitrogens with two attached hydrogens (primary N) is 2. The number of ether oxygens (including phenoxy) is 1. The Labute approximate surface area is 172 Å². The third-order valence-corrected chi connectivity index (χ3v) is 5.44. The number of allylic oxidation sites excluding steroid dienone is 1. The molecule has 5 N–H and O–H groups in total. The standard InChI is InChI=1S/C19H24ClF3N4O2/c1-29-13-7-5-12(6-8-13)27(10-11-3-2-4-14(24)17(11)20)18(28)15(25)9-16(26)19(21,22)23/h2-4,9,12-13,26H,5-8,10,24-25H2,1H3/b15-9-,26-16?/t12-,13-. The minimum Gasteiger partial charge on any atom is -0.398 e. The van der Waals surface area contributed by atoms with Crippen molar-refractivity contribution in [2.45, 2.75) is 50.6 Å². The molecule has 0 aromatic heterocycles. The van der Waals surface area contributed by atoms with E-state index in [1.54, 1.807) is 25.3 Å². The summed E-state index contributed by atoms with van der Waals surface area (Å²) in [5.41, 5.74) is 10.0. The van der Waals surface area contributed by atoms with E-state index >= 15 is 0 Å². The molecule has 0 heterocycles. The minimum atomic E-state index is -4.89. The lowest BCUT2D eigenvalue weighted by atomic mass is 9.91. The third-order valence-electron chi connectivity index (χ3n) is 4.98. The van der Waals surface area contributed by atoms with Crippen LogP contribution in [0, 0.1) is 5.41 Å². The van der Waals surface area contributed by atoms with E-state index in [2.05, 4.69) is 0 Å².